The summed E-state index contributed by atoms with van der Waals surface area (Å²) in [6, 6.07) is 0. The van der Waals surface area contributed by atoms with Gasteiger partial charge in [0.1, 0.15) is 19.8 Å². The van der Waals surface area contributed by atoms with Crippen LogP contribution in [-0.2, 0) is 32.7 Å². The molecule has 0 heterocycles. The Morgan fingerprint density at radius 2 is 1.07 bits per heavy atom. The third-order valence-corrected chi connectivity index (χ3v) is 8.64. The summed E-state index contributed by atoms with van der Waals surface area (Å²) in [6.07, 6.45) is 26.7. The molecular formula is C34H68NO8P. The van der Waals surface area contributed by atoms with Crippen molar-refractivity contribution in [3.8, 4) is 0 Å². The number of ether oxygens (including phenoxy) is 2. The number of carbonyl (C=O) groups excluding carboxylic acids is 2. The molecule has 0 aromatic rings. The van der Waals surface area contributed by atoms with Gasteiger partial charge in [-0.15, -0.1) is 0 Å². The van der Waals surface area contributed by atoms with Crippen LogP contribution in [0.2, 0.25) is 0 Å². The predicted octanol–water partition coefficient (Wildman–Crippen LogP) is 8.27. The Hall–Kier alpha value is -0.990. The molecular weight excluding hydrogens is 581 g/mol. The maximum Gasteiger partial charge on any atom is 0.305 e. The van der Waals surface area contributed by atoms with Crippen LogP contribution in [0.1, 0.15) is 155 Å². The van der Waals surface area contributed by atoms with Crippen LogP contribution in [0.5, 0.6) is 0 Å². The standard InChI is InChI=1S/C34H68NO8P/c1-6-7-8-9-10-11-12-13-14-15-16-17-18-19-20-21-22-23-24-25-26-27-34(37)40-30-33(43-32(2)36)31-42-44(38,39)41-29-28-35(3,4)5/h33H,6-31H2,1-5H3/t33-/m1/s1. The van der Waals surface area contributed by atoms with Gasteiger partial charge in [0.05, 0.1) is 27.7 Å². The molecule has 0 radical (unpaired) electrons. The number of unbranched alkanes of at least 4 members (excludes halogenated alkanes) is 20. The van der Waals surface area contributed by atoms with E-state index in [9.17, 15) is 19.0 Å². The monoisotopic (exact) mass is 649 g/mol. The van der Waals surface area contributed by atoms with E-state index in [-0.39, 0.29) is 19.6 Å². The van der Waals surface area contributed by atoms with E-state index < -0.39 is 32.5 Å². The summed E-state index contributed by atoms with van der Waals surface area (Å²) in [4.78, 5) is 35.5. The second kappa shape index (κ2) is 28.3. The molecule has 44 heavy (non-hydrogen) atoms. The van der Waals surface area contributed by atoms with Crippen molar-refractivity contribution in [1.82, 2.24) is 0 Å². The molecule has 9 nitrogen and oxygen atoms in total. The number of carbonyl (C=O) groups is 2. The van der Waals surface area contributed by atoms with Crippen LogP contribution in [0.4, 0.5) is 0 Å². The number of rotatable bonds is 32. The zero-order chi connectivity index (χ0) is 32.9. The molecule has 0 fully saturated rings. The van der Waals surface area contributed by atoms with Gasteiger partial charge in [0, 0.05) is 13.3 Å². The van der Waals surface area contributed by atoms with Gasteiger partial charge in [0.15, 0.2) is 6.10 Å². The van der Waals surface area contributed by atoms with E-state index in [1.54, 1.807) is 0 Å². The highest BCUT2D eigenvalue weighted by Crippen LogP contribution is 2.38. The van der Waals surface area contributed by atoms with Gasteiger partial charge in [0.25, 0.3) is 7.82 Å². The van der Waals surface area contributed by atoms with Crippen molar-refractivity contribution >= 4 is 19.8 Å². The molecule has 0 bridgehead atoms. The predicted molar refractivity (Wildman–Crippen MR) is 176 cm³/mol. The lowest BCUT2D eigenvalue weighted by atomic mass is 10.0. The Bertz CT molecular complexity index is 743. The maximum absolute atomic E-state index is 12.1. The van der Waals surface area contributed by atoms with Gasteiger partial charge >= 0.3 is 11.9 Å². The Balaban J connectivity index is 3.69. The summed E-state index contributed by atoms with van der Waals surface area (Å²) in [5.41, 5.74) is 0. The van der Waals surface area contributed by atoms with E-state index in [1.165, 1.54) is 122 Å². The lowest BCUT2D eigenvalue weighted by Gasteiger charge is -2.28. The van der Waals surface area contributed by atoms with Crippen molar-refractivity contribution in [3.05, 3.63) is 0 Å². The summed E-state index contributed by atoms with van der Waals surface area (Å²) < 4.78 is 32.5. The Morgan fingerprint density at radius 1 is 0.659 bits per heavy atom. The highest BCUT2D eigenvalue weighted by atomic mass is 31.2. The van der Waals surface area contributed by atoms with Crippen molar-refractivity contribution in [2.75, 3.05) is 47.5 Å². The molecule has 0 rings (SSSR count). The van der Waals surface area contributed by atoms with Gasteiger partial charge in [-0.2, -0.15) is 0 Å². The summed E-state index contributed by atoms with van der Waals surface area (Å²) >= 11 is 0. The fourth-order valence-corrected chi connectivity index (χ4v) is 5.68. The van der Waals surface area contributed by atoms with E-state index >= 15 is 0 Å². The normalized spacial score (nSPS) is 13.9. The lowest BCUT2D eigenvalue weighted by molar-refractivity contribution is -0.870. The number of quaternary nitrogens is 1. The van der Waals surface area contributed by atoms with Gasteiger partial charge in [-0.3, -0.25) is 14.2 Å². The van der Waals surface area contributed by atoms with Gasteiger partial charge in [-0.05, 0) is 6.42 Å². The van der Waals surface area contributed by atoms with Gasteiger partial charge in [0.2, 0.25) is 0 Å². The topological polar surface area (TPSA) is 111 Å². The van der Waals surface area contributed by atoms with Crippen molar-refractivity contribution < 1.29 is 42.1 Å². The van der Waals surface area contributed by atoms with E-state index in [4.69, 9.17) is 18.5 Å². The molecule has 0 aromatic heterocycles. The molecule has 0 aliphatic carbocycles. The number of hydrogen-bond acceptors (Lipinski definition) is 8. The maximum atomic E-state index is 12.1. The first-order chi connectivity index (χ1) is 20.9. The molecule has 0 aliphatic rings. The second-order valence-electron chi connectivity index (χ2n) is 13.3. The van der Waals surface area contributed by atoms with Crippen molar-refractivity contribution in [3.63, 3.8) is 0 Å². The third-order valence-electron chi connectivity index (χ3n) is 7.68. The first-order valence-electron chi connectivity index (χ1n) is 17.7. The Kier molecular flexibility index (Phi) is 27.6. The van der Waals surface area contributed by atoms with E-state index in [0.29, 0.717) is 11.0 Å². The molecule has 10 heteroatoms. The number of hydrogen-bond donors (Lipinski definition) is 0. The van der Waals surface area contributed by atoms with Crippen LogP contribution in [0.25, 0.3) is 0 Å². The largest absolute Gasteiger partial charge is 0.756 e. The molecule has 262 valence electrons. The molecule has 0 saturated carbocycles. The number of nitrogens with zero attached hydrogens (tertiary/aromatic N) is 1. The molecule has 0 amide bonds. The molecule has 1 unspecified atom stereocenters. The van der Waals surface area contributed by atoms with Crippen LogP contribution < -0.4 is 4.89 Å². The molecule has 0 spiro atoms. The Morgan fingerprint density at radius 3 is 1.45 bits per heavy atom. The van der Waals surface area contributed by atoms with Crippen LogP contribution >= 0.6 is 7.82 Å². The fourth-order valence-electron chi connectivity index (χ4n) is 4.95. The zero-order valence-corrected chi connectivity index (χ0v) is 30.0. The van der Waals surface area contributed by atoms with Crippen molar-refractivity contribution in [2.24, 2.45) is 0 Å². The van der Waals surface area contributed by atoms with Crippen molar-refractivity contribution in [2.45, 2.75) is 161 Å². The van der Waals surface area contributed by atoms with Gasteiger partial charge < -0.3 is 27.9 Å². The first-order valence-corrected chi connectivity index (χ1v) is 19.1. The van der Waals surface area contributed by atoms with Gasteiger partial charge in [-0.1, -0.05) is 135 Å². The van der Waals surface area contributed by atoms with Gasteiger partial charge in [-0.25, -0.2) is 0 Å². The minimum Gasteiger partial charge on any atom is -0.756 e. The smallest absolute Gasteiger partial charge is 0.305 e. The highest BCUT2D eigenvalue weighted by molar-refractivity contribution is 7.45. The summed E-state index contributed by atoms with van der Waals surface area (Å²) in [5.74, 6) is -1.02. The number of phosphoric ester groups is 1. The number of likely N-dealkylation sites (N-methyl/N-ethyl adjacent to an activating group) is 1. The minimum atomic E-state index is -4.57. The minimum absolute atomic E-state index is 0.0308. The Labute approximate surface area is 270 Å². The van der Waals surface area contributed by atoms with Crippen molar-refractivity contribution in [1.29, 1.82) is 0 Å². The average Bonchev–Trinajstić information content (AvgIpc) is 2.94. The van der Waals surface area contributed by atoms with Crippen LogP contribution in [0.3, 0.4) is 0 Å². The third kappa shape index (κ3) is 32.4. The van der Waals surface area contributed by atoms with Crippen LogP contribution in [0, 0.1) is 0 Å². The van der Waals surface area contributed by atoms with Crippen LogP contribution in [-0.4, -0.2) is 70.0 Å². The average molecular weight is 650 g/mol. The van der Waals surface area contributed by atoms with E-state index in [2.05, 4.69) is 6.92 Å². The first kappa shape index (κ1) is 43.0. The summed E-state index contributed by atoms with van der Waals surface area (Å²) in [5, 5.41) is 0. The lowest BCUT2D eigenvalue weighted by Crippen LogP contribution is -2.37. The van der Waals surface area contributed by atoms with Crippen LogP contribution in [0.15, 0.2) is 0 Å². The second-order valence-corrected chi connectivity index (χ2v) is 14.7. The number of esters is 2. The molecule has 2 atom stereocenters. The van der Waals surface area contributed by atoms with E-state index in [1.807, 2.05) is 21.1 Å². The molecule has 0 saturated heterocycles. The summed E-state index contributed by atoms with van der Waals surface area (Å²) in [6.45, 7) is 3.17. The number of phosphoric acid groups is 1. The zero-order valence-electron chi connectivity index (χ0n) is 29.1. The molecule has 0 aliphatic heterocycles. The quantitative estimate of drug-likeness (QED) is 0.0310. The van der Waals surface area contributed by atoms with E-state index in [0.717, 1.165) is 19.3 Å². The fraction of sp³-hybridized carbons (Fsp3) is 0.941. The summed E-state index contributed by atoms with van der Waals surface area (Å²) in [7, 11) is 1.16. The molecule has 0 aromatic carbocycles. The highest BCUT2D eigenvalue weighted by Gasteiger charge is 2.20. The molecule has 0 N–H and O–H groups in total. The SMILES string of the molecule is CCCCCCCCCCCCCCCCCCCCCCCC(=O)OC[C@H](COP(=O)([O-])OCC[N+](C)(C)C)OC(C)=O.